The van der Waals surface area contributed by atoms with Crippen LogP contribution in [0, 0.1) is 12.7 Å². The topological polar surface area (TPSA) is 55.1 Å². The second kappa shape index (κ2) is 5.46. The highest BCUT2D eigenvalue weighted by molar-refractivity contribution is 5.77. The molecule has 0 saturated heterocycles. The van der Waals surface area contributed by atoms with Crippen molar-refractivity contribution in [2.75, 3.05) is 13.1 Å². The summed E-state index contributed by atoms with van der Waals surface area (Å²) < 4.78 is 12.8. The van der Waals surface area contributed by atoms with Crippen molar-refractivity contribution in [1.82, 2.24) is 5.32 Å². The Morgan fingerprint density at radius 1 is 1.53 bits per heavy atom. The summed E-state index contributed by atoms with van der Waals surface area (Å²) in [4.78, 5) is 10.8. The maximum absolute atomic E-state index is 12.8. The lowest BCUT2D eigenvalue weighted by molar-refractivity contribution is -0.119. The van der Waals surface area contributed by atoms with E-state index in [-0.39, 0.29) is 18.3 Å². The lowest BCUT2D eigenvalue weighted by Gasteiger charge is -2.06. The number of nitrogens with one attached hydrogen (secondary N) is 1. The molecule has 0 fully saturated rings. The lowest BCUT2D eigenvalue weighted by Crippen LogP contribution is -2.31. The van der Waals surface area contributed by atoms with Crippen molar-refractivity contribution in [3.63, 3.8) is 0 Å². The molecule has 0 aliphatic heterocycles. The summed E-state index contributed by atoms with van der Waals surface area (Å²) in [6.45, 7) is 2.38. The van der Waals surface area contributed by atoms with E-state index in [1.54, 1.807) is 6.07 Å². The van der Waals surface area contributed by atoms with Crippen molar-refractivity contribution in [2.24, 2.45) is 5.73 Å². The number of amides is 1. The van der Waals surface area contributed by atoms with Crippen LogP contribution in [0.1, 0.15) is 11.1 Å². The monoisotopic (exact) mass is 210 g/mol. The van der Waals surface area contributed by atoms with Gasteiger partial charge in [-0.05, 0) is 36.6 Å². The molecular formula is C11H15FN2O. The van der Waals surface area contributed by atoms with Crippen molar-refractivity contribution < 1.29 is 9.18 Å². The Balaban J connectivity index is 2.47. The van der Waals surface area contributed by atoms with E-state index in [4.69, 9.17) is 5.73 Å². The van der Waals surface area contributed by atoms with Crippen molar-refractivity contribution in [1.29, 1.82) is 0 Å². The standard InChI is InChI=1S/C11H15FN2O/c1-8-6-10(12)3-2-9(8)4-5-14-11(15)7-13/h2-3,6H,4-5,7,13H2,1H3,(H,14,15). The van der Waals surface area contributed by atoms with Crippen LogP contribution in [0.5, 0.6) is 0 Å². The highest BCUT2D eigenvalue weighted by Gasteiger charge is 2.01. The zero-order valence-corrected chi connectivity index (χ0v) is 8.72. The minimum atomic E-state index is -0.234. The Labute approximate surface area is 88.5 Å². The molecule has 0 spiro atoms. The zero-order valence-electron chi connectivity index (χ0n) is 8.72. The number of rotatable bonds is 4. The fourth-order valence-corrected chi connectivity index (χ4v) is 1.35. The number of carbonyl (C=O) groups is 1. The summed E-state index contributed by atoms with van der Waals surface area (Å²) in [5, 5.41) is 2.66. The number of benzene rings is 1. The summed E-state index contributed by atoms with van der Waals surface area (Å²) in [5.41, 5.74) is 7.08. The molecule has 0 radical (unpaired) electrons. The van der Waals surface area contributed by atoms with Gasteiger partial charge in [-0.25, -0.2) is 4.39 Å². The van der Waals surface area contributed by atoms with Crippen LogP contribution in [0.2, 0.25) is 0 Å². The Bertz CT molecular complexity index is 352. The molecule has 0 aromatic heterocycles. The minimum Gasteiger partial charge on any atom is -0.355 e. The fourth-order valence-electron chi connectivity index (χ4n) is 1.35. The van der Waals surface area contributed by atoms with Crippen LogP contribution in [0.3, 0.4) is 0 Å². The molecule has 1 aromatic rings. The van der Waals surface area contributed by atoms with Crippen LogP contribution in [0.4, 0.5) is 4.39 Å². The third kappa shape index (κ3) is 3.67. The third-order valence-corrected chi connectivity index (χ3v) is 2.21. The fraction of sp³-hybridized carbons (Fsp3) is 0.364. The van der Waals surface area contributed by atoms with Gasteiger partial charge in [0.2, 0.25) is 5.91 Å². The molecule has 0 saturated carbocycles. The second-order valence-electron chi connectivity index (χ2n) is 3.37. The first-order valence-corrected chi connectivity index (χ1v) is 4.85. The zero-order chi connectivity index (χ0) is 11.3. The van der Waals surface area contributed by atoms with E-state index in [1.807, 2.05) is 6.92 Å². The highest BCUT2D eigenvalue weighted by atomic mass is 19.1. The van der Waals surface area contributed by atoms with Gasteiger partial charge in [0.25, 0.3) is 0 Å². The quantitative estimate of drug-likeness (QED) is 0.770. The summed E-state index contributed by atoms with van der Waals surface area (Å²) in [6, 6.07) is 4.65. The molecule has 0 atom stereocenters. The highest BCUT2D eigenvalue weighted by Crippen LogP contribution is 2.10. The summed E-state index contributed by atoms with van der Waals surface area (Å²) in [5.74, 6) is -0.406. The first kappa shape index (κ1) is 11.7. The van der Waals surface area contributed by atoms with Crippen LogP contribution in [0.25, 0.3) is 0 Å². The Morgan fingerprint density at radius 2 is 2.27 bits per heavy atom. The van der Waals surface area contributed by atoms with Crippen LogP contribution < -0.4 is 11.1 Å². The largest absolute Gasteiger partial charge is 0.355 e. The third-order valence-electron chi connectivity index (χ3n) is 2.21. The predicted molar refractivity (Wildman–Crippen MR) is 56.9 cm³/mol. The maximum atomic E-state index is 12.8. The van der Waals surface area contributed by atoms with Crippen molar-refractivity contribution in [3.05, 3.63) is 35.1 Å². The number of halogens is 1. The van der Waals surface area contributed by atoms with E-state index >= 15 is 0 Å². The van der Waals surface area contributed by atoms with Gasteiger partial charge in [0.1, 0.15) is 5.82 Å². The minimum absolute atomic E-state index is 0.00238. The second-order valence-corrected chi connectivity index (χ2v) is 3.37. The van der Waals surface area contributed by atoms with E-state index in [0.29, 0.717) is 13.0 Å². The summed E-state index contributed by atoms with van der Waals surface area (Å²) >= 11 is 0. The molecule has 82 valence electrons. The number of hydrogen-bond donors (Lipinski definition) is 2. The molecule has 0 bridgehead atoms. The average Bonchev–Trinajstić information content (AvgIpc) is 2.21. The van der Waals surface area contributed by atoms with Crippen LogP contribution >= 0.6 is 0 Å². The van der Waals surface area contributed by atoms with Gasteiger partial charge in [-0.15, -0.1) is 0 Å². The van der Waals surface area contributed by atoms with Crippen LogP contribution in [-0.2, 0) is 11.2 Å². The van der Waals surface area contributed by atoms with E-state index in [0.717, 1.165) is 11.1 Å². The van der Waals surface area contributed by atoms with Gasteiger partial charge in [0, 0.05) is 6.54 Å². The maximum Gasteiger partial charge on any atom is 0.233 e. The van der Waals surface area contributed by atoms with Gasteiger partial charge in [0.15, 0.2) is 0 Å². The molecule has 3 nitrogen and oxygen atoms in total. The van der Waals surface area contributed by atoms with Crippen molar-refractivity contribution in [2.45, 2.75) is 13.3 Å². The first-order chi connectivity index (χ1) is 7.13. The molecule has 1 aromatic carbocycles. The van der Waals surface area contributed by atoms with E-state index < -0.39 is 0 Å². The molecule has 4 heteroatoms. The number of nitrogens with two attached hydrogens (primary N) is 1. The molecule has 0 unspecified atom stereocenters. The Morgan fingerprint density at radius 3 is 2.87 bits per heavy atom. The molecular weight excluding hydrogens is 195 g/mol. The normalized spacial score (nSPS) is 10.1. The first-order valence-electron chi connectivity index (χ1n) is 4.85. The van der Waals surface area contributed by atoms with Crippen molar-refractivity contribution >= 4 is 5.91 Å². The van der Waals surface area contributed by atoms with E-state index in [1.165, 1.54) is 12.1 Å². The van der Waals surface area contributed by atoms with Gasteiger partial charge < -0.3 is 11.1 Å². The number of carbonyl (C=O) groups excluding carboxylic acids is 1. The van der Waals surface area contributed by atoms with Gasteiger partial charge >= 0.3 is 0 Å². The molecule has 1 rings (SSSR count). The molecule has 3 N–H and O–H groups in total. The van der Waals surface area contributed by atoms with Crippen molar-refractivity contribution in [3.8, 4) is 0 Å². The number of aryl methyl sites for hydroxylation is 1. The predicted octanol–water partition coefficient (Wildman–Crippen LogP) is 0.752. The molecule has 0 aliphatic rings. The molecule has 0 heterocycles. The molecule has 1 amide bonds. The SMILES string of the molecule is Cc1cc(F)ccc1CCNC(=O)CN. The van der Waals surface area contributed by atoms with E-state index in [9.17, 15) is 9.18 Å². The summed E-state index contributed by atoms with van der Waals surface area (Å²) in [7, 11) is 0. The molecule has 15 heavy (non-hydrogen) atoms. The van der Waals surface area contributed by atoms with Gasteiger partial charge in [-0.3, -0.25) is 4.79 Å². The van der Waals surface area contributed by atoms with Gasteiger partial charge in [-0.2, -0.15) is 0 Å². The van der Waals surface area contributed by atoms with Gasteiger partial charge in [0.05, 0.1) is 6.54 Å². The summed E-state index contributed by atoms with van der Waals surface area (Å²) in [6.07, 6.45) is 0.692. The Kier molecular flexibility index (Phi) is 4.24. The van der Waals surface area contributed by atoms with Gasteiger partial charge in [-0.1, -0.05) is 6.07 Å². The average molecular weight is 210 g/mol. The van der Waals surface area contributed by atoms with Crippen LogP contribution in [-0.4, -0.2) is 19.0 Å². The lowest BCUT2D eigenvalue weighted by atomic mass is 10.1. The smallest absolute Gasteiger partial charge is 0.233 e. The van der Waals surface area contributed by atoms with E-state index in [2.05, 4.69) is 5.32 Å². The Hall–Kier alpha value is -1.42. The van der Waals surface area contributed by atoms with Crippen LogP contribution in [0.15, 0.2) is 18.2 Å². The number of hydrogen-bond acceptors (Lipinski definition) is 2. The molecule has 0 aliphatic carbocycles.